The number of likely N-dealkylation sites (tertiary alicyclic amines) is 1. The molecule has 1 aliphatic heterocycles. The molecule has 0 aliphatic carbocycles. The zero-order valence-corrected chi connectivity index (χ0v) is 15.4. The third kappa shape index (κ3) is 3.45. The molecule has 1 atom stereocenters. The number of aromatic nitrogens is 4. The van der Waals surface area contributed by atoms with Gasteiger partial charge in [-0.1, -0.05) is 11.2 Å². The fourth-order valence-electron chi connectivity index (χ4n) is 3.68. The Morgan fingerprint density at radius 2 is 2.00 bits per heavy atom. The topological polar surface area (TPSA) is 85.0 Å². The lowest BCUT2D eigenvalue weighted by molar-refractivity contribution is 0.0705. The number of hydrogen-bond donors (Lipinski definition) is 0. The minimum Gasteiger partial charge on any atom is -0.361 e. The first kappa shape index (κ1) is 17.3. The lowest BCUT2D eigenvalue weighted by Gasteiger charge is -2.32. The average Bonchev–Trinajstić information content (AvgIpc) is 3.06. The minimum atomic E-state index is -0.0207. The van der Waals surface area contributed by atoms with Gasteiger partial charge in [-0.2, -0.15) is 0 Å². The monoisotopic (exact) mass is 363 g/mol. The van der Waals surface area contributed by atoms with Crippen molar-refractivity contribution in [1.82, 2.24) is 25.0 Å². The van der Waals surface area contributed by atoms with Crippen LogP contribution in [0, 0.1) is 13.8 Å². The number of carbonyl (C=O) groups excluding carboxylic acids is 1. The fourth-order valence-corrected chi connectivity index (χ4v) is 3.68. The van der Waals surface area contributed by atoms with E-state index in [0.29, 0.717) is 12.1 Å². The quantitative estimate of drug-likeness (QED) is 0.710. The van der Waals surface area contributed by atoms with E-state index in [1.54, 1.807) is 12.4 Å². The number of aryl methyl sites for hydroxylation is 2. The van der Waals surface area contributed by atoms with Crippen molar-refractivity contribution in [2.24, 2.45) is 0 Å². The summed E-state index contributed by atoms with van der Waals surface area (Å²) in [7, 11) is 0. The molecular formula is C20H21N5O2. The van der Waals surface area contributed by atoms with Gasteiger partial charge in [0.15, 0.2) is 0 Å². The molecule has 1 saturated heterocycles. The van der Waals surface area contributed by atoms with Crippen LogP contribution >= 0.6 is 0 Å². The Morgan fingerprint density at radius 3 is 2.67 bits per heavy atom. The Hall–Kier alpha value is -3.09. The Morgan fingerprint density at radius 1 is 1.19 bits per heavy atom. The van der Waals surface area contributed by atoms with Gasteiger partial charge < -0.3 is 9.42 Å². The van der Waals surface area contributed by atoms with Gasteiger partial charge in [0.2, 0.25) is 0 Å². The van der Waals surface area contributed by atoms with Crippen LogP contribution in [0.15, 0.2) is 41.6 Å². The first-order chi connectivity index (χ1) is 13.1. The van der Waals surface area contributed by atoms with Gasteiger partial charge in [0.1, 0.15) is 12.1 Å². The summed E-state index contributed by atoms with van der Waals surface area (Å²) in [6.07, 6.45) is 8.41. The lowest BCUT2D eigenvalue weighted by Crippen LogP contribution is -2.39. The molecule has 4 heterocycles. The number of pyridine rings is 1. The fraction of sp³-hybridized carbons (Fsp3) is 0.350. The number of carbonyl (C=O) groups is 1. The van der Waals surface area contributed by atoms with Crippen molar-refractivity contribution in [3.05, 3.63) is 59.8 Å². The summed E-state index contributed by atoms with van der Waals surface area (Å²) in [5.41, 5.74) is 4.40. The van der Waals surface area contributed by atoms with Gasteiger partial charge in [-0.05, 0) is 32.8 Å². The first-order valence-corrected chi connectivity index (χ1v) is 9.07. The van der Waals surface area contributed by atoms with Crippen LogP contribution in [0.2, 0.25) is 0 Å². The molecular weight excluding hydrogens is 342 g/mol. The third-order valence-corrected chi connectivity index (χ3v) is 5.04. The maximum atomic E-state index is 12.7. The summed E-state index contributed by atoms with van der Waals surface area (Å²) in [5.74, 6) is 1.00. The van der Waals surface area contributed by atoms with Crippen molar-refractivity contribution >= 4 is 5.91 Å². The van der Waals surface area contributed by atoms with Crippen LogP contribution in [0.25, 0.3) is 11.1 Å². The highest BCUT2D eigenvalue weighted by Gasteiger charge is 2.26. The summed E-state index contributed by atoms with van der Waals surface area (Å²) >= 11 is 0. The van der Waals surface area contributed by atoms with E-state index in [1.165, 1.54) is 6.33 Å². The van der Waals surface area contributed by atoms with Gasteiger partial charge in [-0.15, -0.1) is 0 Å². The van der Waals surface area contributed by atoms with Crippen molar-refractivity contribution in [3.8, 4) is 11.1 Å². The molecule has 3 aromatic rings. The smallest absolute Gasteiger partial charge is 0.257 e. The Labute approximate surface area is 157 Å². The van der Waals surface area contributed by atoms with Crippen LogP contribution in [0.1, 0.15) is 46.3 Å². The van der Waals surface area contributed by atoms with Crippen LogP contribution in [-0.4, -0.2) is 44.0 Å². The van der Waals surface area contributed by atoms with E-state index < -0.39 is 0 Å². The van der Waals surface area contributed by atoms with E-state index in [0.717, 1.165) is 47.7 Å². The summed E-state index contributed by atoms with van der Waals surface area (Å²) in [4.78, 5) is 27.1. The van der Waals surface area contributed by atoms with E-state index in [9.17, 15) is 4.79 Å². The zero-order valence-electron chi connectivity index (χ0n) is 15.4. The molecule has 3 aromatic heterocycles. The molecule has 7 nitrogen and oxygen atoms in total. The number of nitrogens with zero attached hydrogens (tertiary/aromatic N) is 5. The van der Waals surface area contributed by atoms with Gasteiger partial charge >= 0.3 is 0 Å². The van der Waals surface area contributed by atoms with Crippen LogP contribution < -0.4 is 0 Å². The second-order valence-electron chi connectivity index (χ2n) is 6.89. The maximum Gasteiger partial charge on any atom is 0.257 e. The van der Waals surface area contributed by atoms with Gasteiger partial charge in [0.05, 0.1) is 11.3 Å². The van der Waals surface area contributed by atoms with Crippen molar-refractivity contribution in [1.29, 1.82) is 0 Å². The van der Waals surface area contributed by atoms with Crippen molar-refractivity contribution < 1.29 is 9.32 Å². The predicted molar refractivity (Wildman–Crippen MR) is 99.1 cm³/mol. The average molecular weight is 363 g/mol. The van der Waals surface area contributed by atoms with Gasteiger partial charge in [-0.25, -0.2) is 9.97 Å². The number of rotatable bonds is 3. The molecule has 4 rings (SSSR count). The first-order valence-electron chi connectivity index (χ1n) is 9.07. The van der Waals surface area contributed by atoms with Crippen LogP contribution in [0.5, 0.6) is 0 Å². The molecule has 1 fully saturated rings. The second kappa shape index (κ2) is 7.26. The zero-order chi connectivity index (χ0) is 18.8. The van der Waals surface area contributed by atoms with Crippen molar-refractivity contribution in [3.63, 3.8) is 0 Å². The molecule has 1 amide bonds. The highest BCUT2D eigenvalue weighted by Crippen LogP contribution is 2.30. The lowest BCUT2D eigenvalue weighted by atomic mass is 9.93. The van der Waals surface area contributed by atoms with Gasteiger partial charge in [0.25, 0.3) is 5.91 Å². The number of amides is 1. The molecule has 0 radical (unpaired) electrons. The van der Waals surface area contributed by atoms with E-state index in [4.69, 9.17) is 4.52 Å². The molecule has 0 spiro atoms. The molecule has 0 aromatic carbocycles. The number of hydrogen-bond acceptors (Lipinski definition) is 6. The Kier molecular flexibility index (Phi) is 4.66. The molecule has 0 bridgehead atoms. The number of piperidine rings is 1. The van der Waals surface area contributed by atoms with Gasteiger partial charge in [-0.3, -0.25) is 9.78 Å². The highest BCUT2D eigenvalue weighted by molar-refractivity contribution is 5.93. The van der Waals surface area contributed by atoms with Crippen LogP contribution in [0.3, 0.4) is 0 Å². The minimum absolute atomic E-state index is 0.0207. The third-order valence-electron chi connectivity index (χ3n) is 5.04. The summed E-state index contributed by atoms with van der Waals surface area (Å²) in [6, 6.07) is 4.10. The summed E-state index contributed by atoms with van der Waals surface area (Å²) < 4.78 is 5.25. The second-order valence-corrected chi connectivity index (χ2v) is 6.89. The molecule has 138 valence electrons. The molecule has 7 heteroatoms. The molecule has 1 aliphatic rings. The summed E-state index contributed by atoms with van der Waals surface area (Å²) in [6.45, 7) is 5.24. The van der Waals surface area contributed by atoms with E-state index in [2.05, 4.69) is 26.2 Å². The molecule has 27 heavy (non-hydrogen) atoms. The molecule has 0 saturated carbocycles. The van der Waals surface area contributed by atoms with Gasteiger partial charge in [0, 0.05) is 54.4 Å². The van der Waals surface area contributed by atoms with Crippen molar-refractivity contribution in [2.75, 3.05) is 13.1 Å². The normalized spacial score (nSPS) is 17.1. The maximum absolute atomic E-state index is 12.7. The molecule has 0 unspecified atom stereocenters. The van der Waals surface area contributed by atoms with E-state index in [1.807, 2.05) is 31.0 Å². The van der Waals surface area contributed by atoms with Crippen LogP contribution in [-0.2, 0) is 0 Å². The SMILES string of the molecule is Cc1noc(C)c1-c1ccc([C@@H]2CCCN(C(=O)c3cncnc3)C2)nc1. The largest absolute Gasteiger partial charge is 0.361 e. The standard InChI is InChI=1S/C20H21N5O2/c1-13-19(14(2)27-24-13)15-5-6-18(23-10-15)16-4-3-7-25(11-16)20(26)17-8-21-12-22-9-17/h5-6,8-10,12,16H,3-4,7,11H2,1-2H3/t16-/m1/s1. The Bertz CT molecular complexity index is 917. The van der Waals surface area contributed by atoms with Crippen molar-refractivity contribution in [2.45, 2.75) is 32.6 Å². The highest BCUT2D eigenvalue weighted by atomic mass is 16.5. The van der Waals surface area contributed by atoms with Crippen LogP contribution in [0.4, 0.5) is 0 Å². The predicted octanol–water partition coefficient (Wildman–Crippen LogP) is 3.16. The summed E-state index contributed by atoms with van der Waals surface area (Å²) in [5, 5.41) is 4.01. The van der Waals surface area contributed by atoms with E-state index in [-0.39, 0.29) is 11.8 Å². The van der Waals surface area contributed by atoms with E-state index >= 15 is 0 Å². The molecule has 0 N–H and O–H groups in total. The Balaban J connectivity index is 1.51.